The topological polar surface area (TPSA) is 54.4 Å². The third-order valence-corrected chi connectivity index (χ3v) is 3.13. The molecule has 0 aliphatic rings. The molecular formula is C13H13ClO3S. The van der Waals surface area contributed by atoms with E-state index in [2.05, 4.69) is 0 Å². The van der Waals surface area contributed by atoms with Gasteiger partial charge in [-0.05, 0) is 30.2 Å². The molecule has 0 heterocycles. The van der Waals surface area contributed by atoms with Gasteiger partial charge in [0.05, 0.1) is 5.56 Å². The molecule has 0 atom stereocenters. The predicted molar refractivity (Wildman–Crippen MR) is 75.2 cm³/mol. The largest absolute Gasteiger partial charge is 0.478 e. The molecule has 0 bridgehead atoms. The number of allylic oxidation sites excluding steroid dienone is 1. The first-order chi connectivity index (χ1) is 8.49. The highest BCUT2D eigenvalue weighted by atomic mass is 35.5. The summed E-state index contributed by atoms with van der Waals surface area (Å²) < 4.78 is 0. The fourth-order valence-corrected chi connectivity index (χ4v) is 2.11. The molecule has 1 aromatic rings. The second kappa shape index (κ2) is 7.24. The Kier molecular flexibility index (Phi) is 5.95. The summed E-state index contributed by atoms with van der Waals surface area (Å²) in [5.74, 6) is -0.280. The first-order valence-corrected chi connectivity index (χ1v) is 6.69. The highest BCUT2D eigenvalue weighted by Crippen LogP contribution is 2.17. The van der Waals surface area contributed by atoms with E-state index in [0.29, 0.717) is 5.02 Å². The number of halogens is 1. The Bertz CT molecular complexity index is 483. The second-order valence-electron chi connectivity index (χ2n) is 3.61. The molecule has 0 aliphatic carbocycles. The standard InChI is InChI=1S/C13H13ClO3S/c1-9(15)18-5-3-2-4-10-6-11(13(16)17)8-12(14)7-10/h2,4,6-8H,3,5H2,1H3,(H,16,17). The van der Waals surface area contributed by atoms with Crippen LogP contribution >= 0.6 is 23.4 Å². The van der Waals surface area contributed by atoms with Crippen molar-refractivity contribution < 1.29 is 14.7 Å². The maximum Gasteiger partial charge on any atom is 0.335 e. The SMILES string of the molecule is CC(=O)SCCC=Cc1cc(Cl)cc(C(=O)O)c1. The van der Waals surface area contributed by atoms with Crippen LogP contribution in [0, 0.1) is 0 Å². The van der Waals surface area contributed by atoms with Crippen LogP contribution in [0.2, 0.25) is 5.02 Å². The Morgan fingerprint density at radius 2 is 2.11 bits per heavy atom. The van der Waals surface area contributed by atoms with E-state index < -0.39 is 5.97 Å². The van der Waals surface area contributed by atoms with Gasteiger partial charge in [-0.25, -0.2) is 4.79 Å². The van der Waals surface area contributed by atoms with Crippen LogP contribution in [0.15, 0.2) is 24.3 Å². The second-order valence-corrected chi connectivity index (χ2v) is 5.32. The molecule has 18 heavy (non-hydrogen) atoms. The van der Waals surface area contributed by atoms with E-state index in [9.17, 15) is 9.59 Å². The van der Waals surface area contributed by atoms with Crippen molar-refractivity contribution in [3.8, 4) is 0 Å². The van der Waals surface area contributed by atoms with Gasteiger partial charge >= 0.3 is 5.97 Å². The molecule has 5 heteroatoms. The third-order valence-electron chi connectivity index (χ3n) is 2.07. The van der Waals surface area contributed by atoms with Crippen molar-refractivity contribution in [1.82, 2.24) is 0 Å². The van der Waals surface area contributed by atoms with Gasteiger partial charge in [-0.15, -0.1) is 0 Å². The van der Waals surface area contributed by atoms with Crippen LogP contribution < -0.4 is 0 Å². The quantitative estimate of drug-likeness (QED) is 0.837. The summed E-state index contributed by atoms with van der Waals surface area (Å²) in [6, 6.07) is 4.66. The fourth-order valence-electron chi connectivity index (χ4n) is 1.32. The van der Waals surface area contributed by atoms with Crippen molar-refractivity contribution in [3.63, 3.8) is 0 Å². The van der Waals surface area contributed by atoms with Gasteiger partial charge in [0.25, 0.3) is 0 Å². The number of carboxylic acids is 1. The first-order valence-electron chi connectivity index (χ1n) is 5.33. The highest BCUT2D eigenvalue weighted by molar-refractivity contribution is 8.13. The van der Waals surface area contributed by atoms with Crippen LogP contribution in [-0.2, 0) is 4.79 Å². The Morgan fingerprint density at radius 1 is 1.39 bits per heavy atom. The molecule has 0 spiro atoms. The van der Waals surface area contributed by atoms with E-state index in [4.69, 9.17) is 16.7 Å². The minimum Gasteiger partial charge on any atom is -0.478 e. The number of thioether (sulfide) groups is 1. The van der Waals surface area contributed by atoms with Gasteiger partial charge in [0, 0.05) is 17.7 Å². The number of carboxylic acid groups (broad SMARTS) is 1. The Balaban J connectivity index is 2.64. The fraction of sp³-hybridized carbons (Fsp3) is 0.231. The first kappa shape index (κ1) is 14.8. The average molecular weight is 285 g/mol. The Hall–Kier alpha value is -1.26. The minimum absolute atomic E-state index is 0.0966. The molecule has 96 valence electrons. The van der Waals surface area contributed by atoms with E-state index >= 15 is 0 Å². The Morgan fingerprint density at radius 3 is 2.72 bits per heavy atom. The zero-order valence-electron chi connectivity index (χ0n) is 9.85. The molecule has 1 aromatic carbocycles. The lowest BCUT2D eigenvalue weighted by molar-refractivity contribution is -0.109. The van der Waals surface area contributed by atoms with Crippen LogP contribution in [-0.4, -0.2) is 21.9 Å². The van der Waals surface area contributed by atoms with Crippen molar-refractivity contribution in [2.75, 3.05) is 5.75 Å². The Labute approximate surface area is 115 Å². The molecule has 1 rings (SSSR count). The molecule has 0 saturated carbocycles. The summed E-state index contributed by atoms with van der Waals surface area (Å²) >= 11 is 7.10. The summed E-state index contributed by atoms with van der Waals surface area (Å²) in [5.41, 5.74) is 0.910. The van der Waals surface area contributed by atoms with E-state index in [1.54, 1.807) is 18.2 Å². The summed E-state index contributed by atoms with van der Waals surface area (Å²) in [6.07, 6.45) is 4.45. The molecule has 0 amide bonds. The smallest absolute Gasteiger partial charge is 0.335 e. The average Bonchev–Trinajstić information content (AvgIpc) is 2.27. The zero-order chi connectivity index (χ0) is 13.5. The van der Waals surface area contributed by atoms with Crippen molar-refractivity contribution in [2.24, 2.45) is 0 Å². The van der Waals surface area contributed by atoms with E-state index in [0.717, 1.165) is 17.7 Å². The number of benzene rings is 1. The van der Waals surface area contributed by atoms with Gasteiger partial charge in [0.2, 0.25) is 0 Å². The van der Waals surface area contributed by atoms with E-state index in [-0.39, 0.29) is 10.7 Å². The van der Waals surface area contributed by atoms with E-state index in [1.165, 1.54) is 24.8 Å². The molecule has 0 fully saturated rings. The molecule has 0 aliphatic heterocycles. The van der Waals surface area contributed by atoms with Crippen LogP contribution in [0.3, 0.4) is 0 Å². The number of rotatable bonds is 5. The maximum atomic E-state index is 10.8. The van der Waals surface area contributed by atoms with Crippen molar-refractivity contribution in [1.29, 1.82) is 0 Å². The molecule has 3 nitrogen and oxygen atoms in total. The number of aromatic carboxylic acids is 1. The lowest BCUT2D eigenvalue weighted by Gasteiger charge is -1.99. The minimum atomic E-state index is -1.00. The molecule has 1 N–H and O–H groups in total. The summed E-state index contributed by atoms with van der Waals surface area (Å²) in [7, 11) is 0. The van der Waals surface area contributed by atoms with Crippen LogP contribution in [0.5, 0.6) is 0 Å². The maximum absolute atomic E-state index is 10.8. The summed E-state index contributed by atoms with van der Waals surface area (Å²) in [5, 5.41) is 9.37. The summed E-state index contributed by atoms with van der Waals surface area (Å²) in [6.45, 7) is 1.53. The molecular weight excluding hydrogens is 272 g/mol. The molecule has 0 saturated heterocycles. The van der Waals surface area contributed by atoms with Crippen LogP contribution in [0.4, 0.5) is 0 Å². The number of carbonyl (C=O) groups is 2. The van der Waals surface area contributed by atoms with Crippen molar-refractivity contribution in [2.45, 2.75) is 13.3 Å². The normalized spacial score (nSPS) is 10.8. The lowest BCUT2D eigenvalue weighted by atomic mass is 10.1. The third kappa shape index (κ3) is 5.38. The highest BCUT2D eigenvalue weighted by Gasteiger charge is 2.04. The number of hydrogen-bond donors (Lipinski definition) is 1. The van der Waals surface area contributed by atoms with Crippen LogP contribution in [0.1, 0.15) is 29.3 Å². The molecule has 0 unspecified atom stereocenters. The zero-order valence-corrected chi connectivity index (χ0v) is 11.4. The van der Waals surface area contributed by atoms with Gasteiger partial charge in [0.1, 0.15) is 0 Å². The molecule has 0 aromatic heterocycles. The van der Waals surface area contributed by atoms with Gasteiger partial charge in [0.15, 0.2) is 5.12 Å². The molecule has 0 radical (unpaired) electrons. The van der Waals surface area contributed by atoms with Gasteiger partial charge in [-0.3, -0.25) is 4.79 Å². The van der Waals surface area contributed by atoms with E-state index in [1.807, 2.05) is 6.08 Å². The van der Waals surface area contributed by atoms with Gasteiger partial charge in [-0.1, -0.05) is 35.5 Å². The van der Waals surface area contributed by atoms with Crippen molar-refractivity contribution in [3.05, 3.63) is 40.4 Å². The van der Waals surface area contributed by atoms with Crippen LogP contribution in [0.25, 0.3) is 6.08 Å². The number of hydrogen-bond acceptors (Lipinski definition) is 3. The summed E-state index contributed by atoms with van der Waals surface area (Å²) in [4.78, 5) is 21.5. The van der Waals surface area contributed by atoms with Crippen molar-refractivity contribution >= 4 is 40.5 Å². The monoisotopic (exact) mass is 284 g/mol. The van der Waals surface area contributed by atoms with Gasteiger partial charge < -0.3 is 5.11 Å². The lowest BCUT2D eigenvalue weighted by Crippen LogP contribution is -1.96. The van der Waals surface area contributed by atoms with Gasteiger partial charge in [-0.2, -0.15) is 0 Å². The predicted octanol–water partition coefficient (Wildman–Crippen LogP) is 3.72. The number of carbonyl (C=O) groups excluding carboxylic acids is 1.